The lowest BCUT2D eigenvalue weighted by Crippen LogP contribution is -2.01. The topological polar surface area (TPSA) is 34.9 Å². The van der Waals surface area contributed by atoms with Gasteiger partial charge in [0.2, 0.25) is 0 Å². The molecule has 1 heterocycles. The Morgan fingerprint density at radius 1 is 1.17 bits per heavy atom. The summed E-state index contributed by atoms with van der Waals surface area (Å²) in [5.74, 6) is 0.260. The molecule has 18 heavy (non-hydrogen) atoms. The zero-order chi connectivity index (χ0) is 13.4. The molecule has 0 unspecified atom stereocenters. The highest BCUT2D eigenvalue weighted by molar-refractivity contribution is 5.96. The molecule has 1 aromatic rings. The Morgan fingerprint density at radius 3 is 2.50 bits per heavy atom. The highest BCUT2D eigenvalue weighted by Crippen LogP contribution is 2.13. The van der Waals surface area contributed by atoms with E-state index in [2.05, 4.69) is 12.0 Å². The van der Waals surface area contributed by atoms with Crippen LogP contribution in [0.15, 0.2) is 6.20 Å². The van der Waals surface area contributed by atoms with Crippen LogP contribution in [0, 0.1) is 0 Å². The monoisotopic (exact) mass is 250 g/mol. The van der Waals surface area contributed by atoms with Crippen LogP contribution >= 0.6 is 0 Å². The maximum atomic E-state index is 12.1. The minimum absolute atomic E-state index is 0.260. The van der Waals surface area contributed by atoms with Crippen LogP contribution in [0.1, 0.15) is 74.8 Å². The lowest BCUT2D eigenvalue weighted by Gasteiger charge is -2.01. The summed E-state index contributed by atoms with van der Waals surface area (Å²) in [4.78, 5) is 12.1. The van der Waals surface area contributed by atoms with Gasteiger partial charge in [0.1, 0.15) is 0 Å². The molecule has 0 saturated heterocycles. The van der Waals surface area contributed by atoms with Gasteiger partial charge >= 0.3 is 0 Å². The highest BCUT2D eigenvalue weighted by Gasteiger charge is 2.13. The van der Waals surface area contributed by atoms with Gasteiger partial charge in [-0.3, -0.25) is 9.48 Å². The molecule has 0 saturated carbocycles. The Morgan fingerprint density at radius 2 is 1.83 bits per heavy atom. The van der Waals surface area contributed by atoms with E-state index in [0.29, 0.717) is 6.42 Å². The lowest BCUT2D eigenvalue weighted by molar-refractivity contribution is 0.0978. The molecule has 0 bridgehead atoms. The number of ketones is 1. The predicted molar refractivity (Wildman–Crippen MR) is 74.9 cm³/mol. The van der Waals surface area contributed by atoms with E-state index >= 15 is 0 Å². The first kappa shape index (κ1) is 14.9. The van der Waals surface area contributed by atoms with Crippen molar-refractivity contribution in [1.82, 2.24) is 9.78 Å². The molecule has 0 aliphatic heterocycles. The highest BCUT2D eigenvalue weighted by atomic mass is 16.1. The summed E-state index contributed by atoms with van der Waals surface area (Å²) in [5.41, 5.74) is 1.77. The third kappa shape index (κ3) is 4.63. The van der Waals surface area contributed by atoms with Gasteiger partial charge in [0.15, 0.2) is 5.78 Å². The molecule has 0 amide bonds. The third-order valence-corrected chi connectivity index (χ3v) is 3.30. The Labute approximate surface area is 111 Å². The number of hydrogen-bond donors (Lipinski definition) is 0. The van der Waals surface area contributed by atoms with E-state index in [-0.39, 0.29) is 5.78 Å². The minimum Gasteiger partial charge on any atom is -0.294 e. The number of carbonyl (C=O) groups excluding carboxylic acids is 1. The van der Waals surface area contributed by atoms with Gasteiger partial charge in [0.05, 0.1) is 11.3 Å². The van der Waals surface area contributed by atoms with Crippen LogP contribution in [0.5, 0.6) is 0 Å². The number of Topliss-reactive ketones (excluding diaryl/α,β-unsaturated/α-hetero) is 1. The standard InChI is InChI=1S/C15H26N2O/c1-4-6-7-8-9-10-11-15(18)13-12-17(3)16-14(13)5-2/h12H,4-11H2,1-3H3. The molecule has 102 valence electrons. The Kier molecular flexibility index (Phi) is 6.69. The molecule has 0 aromatic carbocycles. The van der Waals surface area contributed by atoms with E-state index in [1.54, 1.807) is 4.68 Å². The van der Waals surface area contributed by atoms with Crippen LogP contribution in [-0.2, 0) is 13.5 Å². The van der Waals surface area contributed by atoms with E-state index in [0.717, 1.165) is 24.1 Å². The van der Waals surface area contributed by atoms with Gasteiger partial charge in [-0.25, -0.2) is 0 Å². The van der Waals surface area contributed by atoms with Gasteiger partial charge in [-0.2, -0.15) is 5.10 Å². The second kappa shape index (κ2) is 8.06. The SMILES string of the molecule is CCCCCCCCC(=O)c1cn(C)nc1CC. The zero-order valence-electron chi connectivity index (χ0n) is 12.0. The van der Waals surface area contributed by atoms with Crippen molar-refractivity contribution in [3.05, 3.63) is 17.5 Å². The summed E-state index contributed by atoms with van der Waals surface area (Å²) in [6.07, 6.45) is 10.7. The fraction of sp³-hybridized carbons (Fsp3) is 0.733. The zero-order valence-corrected chi connectivity index (χ0v) is 12.0. The van der Waals surface area contributed by atoms with Crippen molar-refractivity contribution in [3.8, 4) is 0 Å². The van der Waals surface area contributed by atoms with Gasteiger partial charge in [0, 0.05) is 19.7 Å². The normalized spacial score (nSPS) is 10.8. The fourth-order valence-corrected chi connectivity index (χ4v) is 2.23. The molecular weight excluding hydrogens is 224 g/mol. The molecule has 3 heteroatoms. The summed E-state index contributed by atoms with van der Waals surface area (Å²) in [7, 11) is 1.88. The maximum absolute atomic E-state index is 12.1. The van der Waals surface area contributed by atoms with Crippen molar-refractivity contribution in [2.75, 3.05) is 0 Å². The van der Waals surface area contributed by atoms with Gasteiger partial charge in [0.25, 0.3) is 0 Å². The van der Waals surface area contributed by atoms with Crippen molar-refractivity contribution in [3.63, 3.8) is 0 Å². The molecule has 1 aromatic heterocycles. The molecule has 0 atom stereocenters. The molecule has 0 aliphatic carbocycles. The Hall–Kier alpha value is -1.12. The second-order valence-corrected chi connectivity index (χ2v) is 4.96. The van der Waals surface area contributed by atoms with Gasteiger partial charge < -0.3 is 0 Å². The van der Waals surface area contributed by atoms with Gasteiger partial charge in [-0.05, 0) is 12.8 Å². The van der Waals surface area contributed by atoms with Crippen molar-refractivity contribution in [2.24, 2.45) is 7.05 Å². The van der Waals surface area contributed by atoms with Crippen LogP contribution in [0.4, 0.5) is 0 Å². The Balaban J connectivity index is 2.32. The van der Waals surface area contributed by atoms with Crippen LogP contribution in [0.25, 0.3) is 0 Å². The molecular formula is C15H26N2O. The molecule has 1 rings (SSSR count). The number of aryl methyl sites for hydroxylation is 2. The number of rotatable bonds is 9. The lowest BCUT2D eigenvalue weighted by atomic mass is 10.0. The van der Waals surface area contributed by atoms with Crippen molar-refractivity contribution < 1.29 is 4.79 Å². The van der Waals surface area contributed by atoms with E-state index in [1.165, 1.54) is 32.1 Å². The first-order valence-corrected chi connectivity index (χ1v) is 7.24. The summed E-state index contributed by atoms with van der Waals surface area (Å²) >= 11 is 0. The maximum Gasteiger partial charge on any atom is 0.166 e. The fourth-order valence-electron chi connectivity index (χ4n) is 2.23. The number of unbranched alkanes of at least 4 members (excludes halogenated alkanes) is 5. The smallest absolute Gasteiger partial charge is 0.166 e. The van der Waals surface area contributed by atoms with Crippen molar-refractivity contribution >= 4 is 5.78 Å². The second-order valence-electron chi connectivity index (χ2n) is 4.96. The number of aromatic nitrogens is 2. The number of carbonyl (C=O) groups is 1. The minimum atomic E-state index is 0.260. The predicted octanol–water partition coefficient (Wildman–Crippen LogP) is 3.92. The third-order valence-electron chi connectivity index (χ3n) is 3.30. The summed E-state index contributed by atoms with van der Waals surface area (Å²) in [6, 6.07) is 0. The van der Waals surface area contributed by atoms with Crippen LogP contribution < -0.4 is 0 Å². The largest absolute Gasteiger partial charge is 0.294 e. The van der Waals surface area contributed by atoms with Gasteiger partial charge in [-0.15, -0.1) is 0 Å². The molecule has 0 N–H and O–H groups in total. The molecule has 0 spiro atoms. The van der Waals surface area contributed by atoms with Crippen molar-refractivity contribution in [2.45, 2.75) is 65.2 Å². The number of nitrogens with zero attached hydrogens (tertiary/aromatic N) is 2. The number of hydrogen-bond acceptors (Lipinski definition) is 2. The molecule has 3 nitrogen and oxygen atoms in total. The van der Waals surface area contributed by atoms with Crippen LogP contribution in [0.2, 0.25) is 0 Å². The first-order valence-electron chi connectivity index (χ1n) is 7.24. The average molecular weight is 250 g/mol. The summed E-state index contributed by atoms with van der Waals surface area (Å²) in [5, 5.41) is 4.31. The van der Waals surface area contributed by atoms with E-state index < -0.39 is 0 Å². The van der Waals surface area contributed by atoms with E-state index in [1.807, 2.05) is 20.2 Å². The molecule has 0 aliphatic rings. The molecule has 0 radical (unpaired) electrons. The van der Waals surface area contributed by atoms with Crippen LogP contribution in [0.3, 0.4) is 0 Å². The average Bonchev–Trinajstić information content (AvgIpc) is 2.74. The summed E-state index contributed by atoms with van der Waals surface area (Å²) in [6.45, 7) is 4.27. The van der Waals surface area contributed by atoms with Gasteiger partial charge in [-0.1, -0.05) is 46.0 Å². The quantitative estimate of drug-likeness (QED) is 0.492. The van der Waals surface area contributed by atoms with E-state index in [4.69, 9.17) is 0 Å². The Bertz CT molecular complexity index is 369. The van der Waals surface area contributed by atoms with Crippen molar-refractivity contribution in [1.29, 1.82) is 0 Å². The summed E-state index contributed by atoms with van der Waals surface area (Å²) < 4.78 is 1.74. The molecule has 0 fully saturated rings. The first-order chi connectivity index (χ1) is 8.69. The van der Waals surface area contributed by atoms with E-state index in [9.17, 15) is 4.79 Å². The van der Waals surface area contributed by atoms with Crippen LogP contribution in [-0.4, -0.2) is 15.6 Å².